The van der Waals surface area contributed by atoms with Crippen LogP contribution in [0.1, 0.15) is 23.5 Å². The molecule has 1 unspecified atom stereocenters. The molecule has 0 amide bonds. The fourth-order valence-electron chi connectivity index (χ4n) is 1.74. The van der Waals surface area contributed by atoms with Crippen molar-refractivity contribution in [3.05, 3.63) is 35.4 Å². The highest BCUT2D eigenvalue weighted by molar-refractivity contribution is 5.75. The molecule has 13 heavy (non-hydrogen) atoms. The smallest absolute Gasteiger partial charge is 0.307 e. The Morgan fingerprint density at radius 2 is 2.31 bits per heavy atom. The van der Waals surface area contributed by atoms with Gasteiger partial charge in [0.2, 0.25) is 0 Å². The predicted molar refractivity (Wildman–Crippen MR) is 49.7 cm³/mol. The van der Waals surface area contributed by atoms with Gasteiger partial charge in [-0.3, -0.25) is 4.79 Å². The van der Waals surface area contributed by atoms with Gasteiger partial charge in [0.1, 0.15) is 0 Å². The third kappa shape index (κ3) is 1.57. The Kier molecular flexibility index (Phi) is 1.83. The van der Waals surface area contributed by atoms with Crippen LogP contribution in [0.5, 0.6) is 0 Å². The largest absolute Gasteiger partial charge is 0.481 e. The van der Waals surface area contributed by atoms with E-state index in [1.165, 1.54) is 11.1 Å². The van der Waals surface area contributed by atoms with Crippen molar-refractivity contribution >= 4 is 5.97 Å². The maximum atomic E-state index is 10.6. The van der Waals surface area contributed by atoms with Crippen LogP contribution >= 0.6 is 0 Å². The fourth-order valence-corrected chi connectivity index (χ4v) is 1.74. The van der Waals surface area contributed by atoms with Gasteiger partial charge in [-0.2, -0.15) is 0 Å². The molecule has 0 heterocycles. The number of carboxylic acids is 1. The standard InChI is InChI=1S/C11H12O2/c1-7-3-2-4-8(5-7)9-6-10(9)11(12)13/h2-5,9-10H,6H2,1H3,(H,12,13)/t9-,10?/m0/s1. The Morgan fingerprint density at radius 1 is 1.54 bits per heavy atom. The summed E-state index contributed by atoms with van der Waals surface area (Å²) in [6, 6.07) is 8.11. The van der Waals surface area contributed by atoms with Gasteiger partial charge in [0.05, 0.1) is 5.92 Å². The Balaban J connectivity index is 2.16. The summed E-state index contributed by atoms with van der Waals surface area (Å²) in [5, 5.41) is 8.75. The van der Waals surface area contributed by atoms with Crippen molar-refractivity contribution in [3.8, 4) is 0 Å². The van der Waals surface area contributed by atoms with E-state index < -0.39 is 5.97 Å². The van der Waals surface area contributed by atoms with Crippen LogP contribution in [-0.2, 0) is 4.79 Å². The van der Waals surface area contributed by atoms with Gasteiger partial charge in [-0.1, -0.05) is 29.8 Å². The highest BCUT2D eigenvalue weighted by atomic mass is 16.4. The quantitative estimate of drug-likeness (QED) is 0.749. The van der Waals surface area contributed by atoms with E-state index in [-0.39, 0.29) is 11.8 Å². The van der Waals surface area contributed by atoms with Gasteiger partial charge in [0.25, 0.3) is 0 Å². The first kappa shape index (κ1) is 8.30. The fraction of sp³-hybridized carbons (Fsp3) is 0.364. The lowest BCUT2D eigenvalue weighted by Crippen LogP contribution is -1.98. The zero-order valence-electron chi connectivity index (χ0n) is 7.53. The number of aliphatic carboxylic acids is 1. The Hall–Kier alpha value is -1.31. The molecule has 1 saturated carbocycles. The van der Waals surface area contributed by atoms with Crippen molar-refractivity contribution in [2.24, 2.45) is 5.92 Å². The Bertz CT molecular complexity index is 344. The number of hydrogen-bond acceptors (Lipinski definition) is 1. The first-order valence-corrected chi connectivity index (χ1v) is 4.48. The number of hydrogen-bond donors (Lipinski definition) is 1. The Morgan fingerprint density at radius 3 is 2.85 bits per heavy atom. The van der Waals surface area contributed by atoms with Gasteiger partial charge in [-0.05, 0) is 24.8 Å². The second-order valence-electron chi connectivity index (χ2n) is 3.70. The lowest BCUT2D eigenvalue weighted by Gasteiger charge is -1.99. The minimum Gasteiger partial charge on any atom is -0.481 e. The minimum absolute atomic E-state index is 0.137. The number of aryl methyl sites for hydroxylation is 1. The molecule has 0 saturated heterocycles. The summed E-state index contributed by atoms with van der Waals surface area (Å²) in [5.74, 6) is -0.536. The van der Waals surface area contributed by atoms with Gasteiger partial charge in [-0.25, -0.2) is 0 Å². The van der Waals surface area contributed by atoms with Crippen LogP contribution in [0.15, 0.2) is 24.3 Å². The third-order valence-corrected chi connectivity index (χ3v) is 2.58. The summed E-state index contributed by atoms with van der Waals surface area (Å²) in [4.78, 5) is 10.6. The van der Waals surface area contributed by atoms with Gasteiger partial charge in [0, 0.05) is 0 Å². The molecular weight excluding hydrogens is 164 g/mol. The molecule has 68 valence electrons. The van der Waals surface area contributed by atoms with Crippen molar-refractivity contribution < 1.29 is 9.90 Å². The molecule has 1 aliphatic carbocycles. The molecule has 0 spiro atoms. The van der Waals surface area contributed by atoms with Gasteiger partial charge >= 0.3 is 5.97 Å². The molecule has 0 bridgehead atoms. The molecule has 1 aromatic rings. The molecule has 0 radical (unpaired) electrons. The average Bonchev–Trinajstić information content (AvgIpc) is 2.82. The molecule has 1 aliphatic rings. The van der Waals surface area contributed by atoms with E-state index in [1.807, 2.05) is 25.1 Å². The van der Waals surface area contributed by atoms with E-state index in [0.717, 1.165) is 6.42 Å². The van der Waals surface area contributed by atoms with Crippen LogP contribution in [-0.4, -0.2) is 11.1 Å². The maximum Gasteiger partial charge on any atom is 0.307 e. The van der Waals surface area contributed by atoms with E-state index in [1.54, 1.807) is 0 Å². The molecule has 2 nitrogen and oxygen atoms in total. The van der Waals surface area contributed by atoms with Crippen LogP contribution < -0.4 is 0 Å². The monoisotopic (exact) mass is 176 g/mol. The van der Waals surface area contributed by atoms with Gasteiger partial charge < -0.3 is 5.11 Å². The minimum atomic E-state index is -0.661. The third-order valence-electron chi connectivity index (χ3n) is 2.58. The maximum absolute atomic E-state index is 10.6. The normalized spacial score (nSPS) is 25.6. The summed E-state index contributed by atoms with van der Waals surface area (Å²) in [5.41, 5.74) is 2.38. The number of carbonyl (C=O) groups is 1. The van der Waals surface area contributed by atoms with Crippen molar-refractivity contribution in [2.75, 3.05) is 0 Å². The van der Waals surface area contributed by atoms with Crippen molar-refractivity contribution in [1.29, 1.82) is 0 Å². The molecule has 1 aromatic carbocycles. The van der Waals surface area contributed by atoms with Gasteiger partial charge in [-0.15, -0.1) is 0 Å². The van der Waals surface area contributed by atoms with E-state index in [9.17, 15) is 4.79 Å². The zero-order valence-corrected chi connectivity index (χ0v) is 7.53. The highest BCUT2D eigenvalue weighted by Crippen LogP contribution is 2.47. The summed E-state index contributed by atoms with van der Waals surface area (Å²) in [6.07, 6.45) is 0.804. The Labute approximate surface area is 77.2 Å². The number of rotatable bonds is 2. The molecule has 2 heteroatoms. The van der Waals surface area contributed by atoms with E-state index in [2.05, 4.69) is 6.07 Å². The first-order chi connectivity index (χ1) is 6.18. The van der Waals surface area contributed by atoms with Crippen LogP contribution in [0.4, 0.5) is 0 Å². The van der Waals surface area contributed by atoms with E-state index in [4.69, 9.17) is 5.11 Å². The van der Waals surface area contributed by atoms with Crippen molar-refractivity contribution in [3.63, 3.8) is 0 Å². The second-order valence-corrected chi connectivity index (χ2v) is 3.70. The van der Waals surface area contributed by atoms with Crippen molar-refractivity contribution in [2.45, 2.75) is 19.3 Å². The molecule has 1 N–H and O–H groups in total. The predicted octanol–water partition coefficient (Wildman–Crippen LogP) is 2.18. The SMILES string of the molecule is Cc1cccc([C@@H]2CC2C(=O)O)c1. The topological polar surface area (TPSA) is 37.3 Å². The van der Waals surface area contributed by atoms with E-state index in [0.29, 0.717) is 0 Å². The first-order valence-electron chi connectivity index (χ1n) is 4.48. The molecule has 0 aromatic heterocycles. The highest BCUT2D eigenvalue weighted by Gasteiger charge is 2.43. The molecule has 0 aliphatic heterocycles. The molecule has 2 atom stereocenters. The van der Waals surface area contributed by atoms with Crippen LogP contribution in [0.2, 0.25) is 0 Å². The lowest BCUT2D eigenvalue weighted by molar-refractivity contribution is -0.138. The molecule has 2 rings (SSSR count). The number of carboxylic acid groups (broad SMARTS) is 1. The average molecular weight is 176 g/mol. The van der Waals surface area contributed by atoms with E-state index >= 15 is 0 Å². The lowest BCUT2D eigenvalue weighted by atomic mass is 10.1. The van der Waals surface area contributed by atoms with Crippen LogP contribution in [0.3, 0.4) is 0 Å². The zero-order chi connectivity index (χ0) is 9.42. The number of benzene rings is 1. The van der Waals surface area contributed by atoms with Gasteiger partial charge in [0.15, 0.2) is 0 Å². The van der Waals surface area contributed by atoms with Crippen LogP contribution in [0, 0.1) is 12.8 Å². The van der Waals surface area contributed by atoms with Crippen LogP contribution in [0.25, 0.3) is 0 Å². The molecule has 1 fully saturated rings. The summed E-state index contributed by atoms with van der Waals surface area (Å²) in [7, 11) is 0. The summed E-state index contributed by atoms with van der Waals surface area (Å²) >= 11 is 0. The summed E-state index contributed by atoms with van der Waals surface area (Å²) in [6.45, 7) is 2.03. The van der Waals surface area contributed by atoms with Crippen molar-refractivity contribution in [1.82, 2.24) is 0 Å². The molecular formula is C11H12O2. The second kappa shape index (κ2) is 2.87. The summed E-state index contributed by atoms with van der Waals surface area (Å²) < 4.78 is 0.